The van der Waals surface area contributed by atoms with E-state index in [2.05, 4.69) is 20.8 Å². The third-order valence-electron chi connectivity index (χ3n) is 4.70. The van der Waals surface area contributed by atoms with Crippen LogP contribution in [0.5, 0.6) is 5.75 Å². The molecule has 0 saturated carbocycles. The van der Waals surface area contributed by atoms with E-state index in [0.717, 1.165) is 5.69 Å². The van der Waals surface area contributed by atoms with Crippen molar-refractivity contribution in [1.82, 2.24) is 4.57 Å². The van der Waals surface area contributed by atoms with Gasteiger partial charge in [0.15, 0.2) is 0 Å². The minimum absolute atomic E-state index is 0.0501. The van der Waals surface area contributed by atoms with Gasteiger partial charge in [-0.3, -0.25) is 9.36 Å². The summed E-state index contributed by atoms with van der Waals surface area (Å²) in [7, 11) is 1.42. The van der Waals surface area contributed by atoms with Crippen LogP contribution in [-0.2, 0) is 5.41 Å². The Kier molecular flexibility index (Phi) is 5.10. The molecule has 0 radical (unpaired) electrons. The van der Waals surface area contributed by atoms with Crippen molar-refractivity contribution in [3.63, 3.8) is 0 Å². The predicted molar refractivity (Wildman–Crippen MR) is 110 cm³/mol. The number of carboxylic acid groups (broad SMARTS) is 1. The van der Waals surface area contributed by atoms with Crippen LogP contribution in [0.2, 0.25) is 0 Å². The average Bonchev–Trinajstić information content (AvgIpc) is 2.66. The molecule has 0 unspecified atom stereocenters. The molecule has 0 aliphatic heterocycles. The molecule has 144 valence electrons. The normalized spacial score (nSPS) is 11.3. The van der Waals surface area contributed by atoms with Gasteiger partial charge >= 0.3 is 5.97 Å². The first-order valence-corrected chi connectivity index (χ1v) is 8.96. The molecule has 2 aromatic carbocycles. The van der Waals surface area contributed by atoms with E-state index in [1.165, 1.54) is 24.8 Å². The van der Waals surface area contributed by atoms with Crippen molar-refractivity contribution in [2.24, 2.45) is 0 Å². The summed E-state index contributed by atoms with van der Waals surface area (Å²) < 4.78 is 6.75. The molecular weight excluding hydrogens is 354 g/mol. The van der Waals surface area contributed by atoms with Crippen molar-refractivity contribution in [2.75, 3.05) is 7.11 Å². The van der Waals surface area contributed by atoms with Gasteiger partial charge in [0.2, 0.25) is 0 Å². The number of aromatic carboxylic acids is 1. The number of carbonyl (C=O) groups is 1. The van der Waals surface area contributed by atoms with Crippen LogP contribution in [0, 0.1) is 0 Å². The number of ether oxygens (including phenoxy) is 1. The molecule has 0 saturated heterocycles. The van der Waals surface area contributed by atoms with Gasteiger partial charge in [0.05, 0.1) is 7.11 Å². The fourth-order valence-corrected chi connectivity index (χ4v) is 3.04. The molecule has 3 rings (SSSR count). The van der Waals surface area contributed by atoms with E-state index < -0.39 is 5.97 Å². The minimum atomic E-state index is -1.06. The van der Waals surface area contributed by atoms with Crippen LogP contribution < -0.4 is 10.3 Å². The standard InChI is InChI=1S/C23H23NO4/c1-23(2,3)17-6-8-18(9-7-17)24-12-11-16(14-21(24)25)15-5-10-19(22(26)27)20(13-15)28-4/h5-14H,1-4H3,(H,26,27). The van der Waals surface area contributed by atoms with Crippen LogP contribution in [0.3, 0.4) is 0 Å². The van der Waals surface area contributed by atoms with E-state index in [-0.39, 0.29) is 22.3 Å². The van der Waals surface area contributed by atoms with Crippen LogP contribution in [-0.4, -0.2) is 22.8 Å². The lowest BCUT2D eigenvalue weighted by molar-refractivity contribution is 0.0693. The summed E-state index contributed by atoms with van der Waals surface area (Å²) in [6, 6.07) is 16.1. The molecule has 28 heavy (non-hydrogen) atoms. The second-order valence-corrected chi connectivity index (χ2v) is 7.64. The molecule has 1 heterocycles. The smallest absolute Gasteiger partial charge is 0.339 e. The third-order valence-corrected chi connectivity index (χ3v) is 4.70. The van der Waals surface area contributed by atoms with Crippen molar-refractivity contribution >= 4 is 5.97 Å². The van der Waals surface area contributed by atoms with E-state index in [1.54, 1.807) is 22.9 Å². The van der Waals surface area contributed by atoms with Gasteiger partial charge in [-0.25, -0.2) is 4.79 Å². The first-order chi connectivity index (χ1) is 13.2. The number of carboxylic acids is 1. The number of rotatable bonds is 4. The van der Waals surface area contributed by atoms with Gasteiger partial charge in [-0.05, 0) is 52.4 Å². The van der Waals surface area contributed by atoms with Crippen LogP contribution in [0.25, 0.3) is 16.8 Å². The molecule has 0 fully saturated rings. The largest absolute Gasteiger partial charge is 0.496 e. The molecule has 1 N–H and O–H groups in total. The Morgan fingerprint density at radius 3 is 2.14 bits per heavy atom. The third kappa shape index (κ3) is 3.83. The first-order valence-electron chi connectivity index (χ1n) is 8.96. The van der Waals surface area contributed by atoms with E-state index in [4.69, 9.17) is 4.74 Å². The highest BCUT2D eigenvalue weighted by Gasteiger charge is 2.14. The van der Waals surface area contributed by atoms with Gasteiger partial charge in [-0.1, -0.05) is 39.0 Å². The van der Waals surface area contributed by atoms with E-state index in [0.29, 0.717) is 11.1 Å². The van der Waals surface area contributed by atoms with Gasteiger partial charge in [0.25, 0.3) is 5.56 Å². The van der Waals surface area contributed by atoms with E-state index >= 15 is 0 Å². The topological polar surface area (TPSA) is 68.5 Å². The number of hydrogen-bond acceptors (Lipinski definition) is 3. The highest BCUT2D eigenvalue weighted by Crippen LogP contribution is 2.27. The zero-order valence-electron chi connectivity index (χ0n) is 16.4. The first kappa shape index (κ1) is 19.4. The van der Waals surface area contributed by atoms with E-state index in [1.807, 2.05) is 30.3 Å². The summed E-state index contributed by atoms with van der Waals surface area (Å²) >= 11 is 0. The highest BCUT2D eigenvalue weighted by molar-refractivity contribution is 5.92. The fraction of sp³-hybridized carbons (Fsp3) is 0.217. The zero-order valence-corrected chi connectivity index (χ0v) is 16.4. The lowest BCUT2D eigenvalue weighted by Crippen LogP contribution is -2.17. The summed E-state index contributed by atoms with van der Waals surface area (Å²) in [5.41, 5.74) is 3.38. The fourth-order valence-electron chi connectivity index (χ4n) is 3.04. The van der Waals surface area contributed by atoms with Crippen molar-refractivity contribution < 1.29 is 14.6 Å². The van der Waals surface area contributed by atoms with Crippen molar-refractivity contribution in [3.05, 3.63) is 82.3 Å². The summed E-state index contributed by atoms with van der Waals surface area (Å²) in [6.07, 6.45) is 1.72. The molecule has 0 aliphatic carbocycles. The predicted octanol–water partition coefficient (Wildman–Crippen LogP) is 4.51. The maximum absolute atomic E-state index is 12.7. The van der Waals surface area contributed by atoms with E-state index in [9.17, 15) is 14.7 Å². The molecule has 1 aromatic heterocycles. The van der Waals surface area contributed by atoms with Gasteiger partial charge < -0.3 is 9.84 Å². The summed E-state index contributed by atoms with van der Waals surface area (Å²) in [4.78, 5) is 23.9. The second-order valence-electron chi connectivity index (χ2n) is 7.64. The minimum Gasteiger partial charge on any atom is -0.496 e. The number of aromatic nitrogens is 1. The summed E-state index contributed by atoms with van der Waals surface area (Å²) in [6.45, 7) is 6.44. The molecule has 0 amide bonds. The molecular formula is C23H23NO4. The monoisotopic (exact) mass is 377 g/mol. The maximum Gasteiger partial charge on any atom is 0.339 e. The Labute approximate surface area is 163 Å². The molecule has 0 spiro atoms. The average molecular weight is 377 g/mol. The SMILES string of the molecule is COc1cc(-c2ccn(-c3ccc(C(C)(C)C)cc3)c(=O)c2)ccc1C(=O)O. The Balaban J connectivity index is 1.97. The molecule has 0 atom stereocenters. The van der Waals surface area contributed by atoms with Crippen molar-refractivity contribution in [1.29, 1.82) is 0 Å². The lowest BCUT2D eigenvalue weighted by Gasteiger charge is -2.19. The van der Waals surface area contributed by atoms with Crippen LogP contribution >= 0.6 is 0 Å². The number of benzene rings is 2. The summed E-state index contributed by atoms with van der Waals surface area (Å²) in [5, 5.41) is 9.20. The Morgan fingerprint density at radius 2 is 1.61 bits per heavy atom. The number of hydrogen-bond donors (Lipinski definition) is 1. The Morgan fingerprint density at radius 1 is 0.964 bits per heavy atom. The quantitative estimate of drug-likeness (QED) is 0.726. The molecule has 5 heteroatoms. The zero-order chi connectivity index (χ0) is 20.5. The highest BCUT2D eigenvalue weighted by atomic mass is 16.5. The lowest BCUT2D eigenvalue weighted by atomic mass is 9.87. The van der Waals surface area contributed by atoms with Gasteiger partial charge in [-0.15, -0.1) is 0 Å². The number of pyridine rings is 1. The van der Waals surface area contributed by atoms with Crippen LogP contribution in [0.1, 0.15) is 36.7 Å². The molecule has 3 aromatic rings. The molecule has 0 bridgehead atoms. The molecule has 5 nitrogen and oxygen atoms in total. The Hall–Kier alpha value is -3.34. The Bertz CT molecular complexity index is 1070. The maximum atomic E-state index is 12.7. The van der Waals surface area contributed by atoms with Gasteiger partial charge in [0.1, 0.15) is 11.3 Å². The molecule has 0 aliphatic rings. The number of methoxy groups -OCH3 is 1. The second kappa shape index (κ2) is 7.35. The van der Waals surface area contributed by atoms with Crippen LogP contribution in [0.15, 0.2) is 65.6 Å². The number of nitrogens with zero attached hydrogens (tertiary/aromatic N) is 1. The van der Waals surface area contributed by atoms with Crippen molar-refractivity contribution in [3.8, 4) is 22.6 Å². The van der Waals surface area contributed by atoms with Gasteiger partial charge in [-0.2, -0.15) is 0 Å². The van der Waals surface area contributed by atoms with Crippen LogP contribution in [0.4, 0.5) is 0 Å². The van der Waals surface area contributed by atoms with Gasteiger partial charge in [0, 0.05) is 18.0 Å². The van der Waals surface area contributed by atoms with Crippen molar-refractivity contribution in [2.45, 2.75) is 26.2 Å². The summed E-state index contributed by atoms with van der Waals surface area (Å²) in [5.74, 6) is -0.801.